The van der Waals surface area contributed by atoms with E-state index < -0.39 is 0 Å². The Balaban J connectivity index is 0. The number of nitrogens with zero attached hydrogens (tertiary/aromatic N) is 1. The summed E-state index contributed by atoms with van der Waals surface area (Å²) in [7, 11) is 0. The van der Waals surface area contributed by atoms with E-state index in [0.717, 1.165) is 31.9 Å². The predicted octanol–water partition coefficient (Wildman–Crippen LogP) is 2.66. The lowest BCUT2D eigenvalue weighted by molar-refractivity contribution is -0.137. The molecule has 0 unspecified atom stereocenters. The molecule has 4 heteroatoms. The van der Waals surface area contributed by atoms with Crippen LogP contribution >= 0.6 is 0 Å². The number of esters is 1. The zero-order valence-corrected chi connectivity index (χ0v) is 9.58. The van der Waals surface area contributed by atoms with Gasteiger partial charge in [0.2, 0.25) is 0 Å². The molecule has 0 amide bonds. The molecule has 0 atom stereocenters. The smallest absolute Gasteiger partial charge is 0.330 e. The molecule has 15 heavy (non-hydrogen) atoms. The fourth-order valence-electron chi connectivity index (χ4n) is 0.555. The highest BCUT2D eigenvalue weighted by Gasteiger charge is 1.89. The average molecular weight is 212 g/mol. The molecule has 0 saturated carbocycles. The van der Waals surface area contributed by atoms with Gasteiger partial charge in [0.1, 0.15) is 0 Å². The van der Waals surface area contributed by atoms with Crippen molar-refractivity contribution in [2.24, 2.45) is 4.99 Å². The Kier molecular flexibility index (Phi) is 16.1. The summed E-state index contributed by atoms with van der Waals surface area (Å²) in [4.78, 5) is 13.8. The normalized spacial score (nSPS) is 7.87. The molecule has 0 radical (unpaired) electrons. The standard InChI is InChI=1S/C6H10O2.C5H10N2/c1-3-5-8-6(7)4-2;1-2-3-4-7-5-6/h4H,2-3,5H2,1H3;6H,2-4H2,1H3. The van der Waals surface area contributed by atoms with Crippen LogP contribution in [0.4, 0.5) is 0 Å². The van der Waals surface area contributed by atoms with Crippen LogP contribution in [0.2, 0.25) is 0 Å². The minimum Gasteiger partial charge on any atom is -0.463 e. The number of rotatable bonds is 6. The van der Waals surface area contributed by atoms with Crippen LogP contribution in [0, 0.1) is 5.41 Å². The van der Waals surface area contributed by atoms with Crippen LogP contribution in [0.25, 0.3) is 0 Å². The third kappa shape index (κ3) is 19.1. The molecule has 86 valence electrons. The van der Waals surface area contributed by atoms with Gasteiger partial charge in [0.25, 0.3) is 0 Å². The van der Waals surface area contributed by atoms with Gasteiger partial charge >= 0.3 is 5.97 Å². The molecule has 0 aliphatic carbocycles. The lowest BCUT2D eigenvalue weighted by Crippen LogP contribution is -1.99. The maximum atomic E-state index is 10.2. The van der Waals surface area contributed by atoms with Crippen molar-refractivity contribution in [1.29, 1.82) is 5.41 Å². The lowest BCUT2D eigenvalue weighted by atomic mass is 10.3. The van der Waals surface area contributed by atoms with E-state index in [9.17, 15) is 4.79 Å². The van der Waals surface area contributed by atoms with Crippen LogP contribution in [0.15, 0.2) is 17.6 Å². The molecule has 0 aromatic carbocycles. The van der Waals surface area contributed by atoms with E-state index in [1.54, 1.807) is 0 Å². The van der Waals surface area contributed by atoms with Crippen molar-refractivity contribution in [1.82, 2.24) is 0 Å². The SMILES string of the molecule is C=CC(=O)OCCC.CCCCN=C=N. The van der Waals surface area contributed by atoms with Gasteiger partial charge in [-0.15, -0.1) is 0 Å². The Hall–Kier alpha value is -1.41. The van der Waals surface area contributed by atoms with Crippen molar-refractivity contribution in [3.8, 4) is 0 Å². The summed E-state index contributed by atoms with van der Waals surface area (Å²) in [6.45, 7) is 8.53. The van der Waals surface area contributed by atoms with Crippen LogP contribution < -0.4 is 0 Å². The first kappa shape index (κ1) is 16.0. The fraction of sp³-hybridized carbons (Fsp3) is 0.636. The largest absolute Gasteiger partial charge is 0.463 e. The second-order valence-corrected chi connectivity index (χ2v) is 2.72. The van der Waals surface area contributed by atoms with E-state index in [-0.39, 0.29) is 5.97 Å². The summed E-state index contributed by atoms with van der Waals surface area (Å²) in [5, 5.41) is 6.36. The first-order valence-corrected chi connectivity index (χ1v) is 5.10. The van der Waals surface area contributed by atoms with E-state index in [1.807, 2.05) is 12.9 Å². The summed E-state index contributed by atoms with van der Waals surface area (Å²) in [5.41, 5.74) is 0. The minimum absolute atomic E-state index is 0.341. The Morgan fingerprint density at radius 2 is 2.20 bits per heavy atom. The highest BCUT2D eigenvalue weighted by atomic mass is 16.5. The molecule has 0 aliphatic heterocycles. The molecule has 0 aliphatic rings. The predicted molar refractivity (Wildman–Crippen MR) is 61.4 cm³/mol. The number of hydrogen-bond acceptors (Lipinski definition) is 4. The second-order valence-electron chi connectivity index (χ2n) is 2.72. The van der Waals surface area contributed by atoms with Crippen LogP contribution in [0.3, 0.4) is 0 Å². The molecule has 0 fully saturated rings. The Labute approximate surface area is 91.6 Å². The van der Waals surface area contributed by atoms with E-state index in [4.69, 9.17) is 5.41 Å². The first-order chi connectivity index (χ1) is 7.22. The quantitative estimate of drug-likeness (QED) is 0.318. The van der Waals surface area contributed by atoms with E-state index in [2.05, 4.69) is 23.2 Å². The molecule has 1 N–H and O–H groups in total. The van der Waals surface area contributed by atoms with Crippen molar-refractivity contribution in [3.63, 3.8) is 0 Å². The van der Waals surface area contributed by atoms with Gasteiger partial charge in [-0.2, -0.15) is 0 Å². The third-order valence-electron chi connectivity index (χ3n) is 1.32. The maximum absolute atomic E-state index is 10.2. The van der Waals surface area contributed by atoms with Crippen molar-refractivity contribution in [3.05, 3.63) is 12.7 Å². The van der Waals surface area contributed by atoms with E-state index >= 15 is 0 Å². The molecule has 0 bridgehead atoms. The molecule has 4 nitrogen and oxygen atoms in total. The first-order valence-electron chi connectivity index (χ1n) is 5.10. The lowest BCUT2D eigenvalue weighted by Gasteiger charge is -1.94. The number of carbonyl (C=O) groups is 1. The van der Waals surface area contributed by atoms with Gasteiger partial charge < -0.3 is 4.74 Å². The summed E-state index contributed by atoms with van der Waals surface area (Å²) >= 11 is 0. The topological polar surface area (TPSA) is 62.5 Å². The number of carbonyl (C=O) groups excluding carboxylic acids is 1. The summed E-state index contributed by atoms with van der Waals surface area (Å²) in [6, 6.07) is 1.98. The molecular weight excluding hydrogens is 192 g/mol. The number of unbranched alkanes of at least 4 members (excludes halogenated alkanes) is 1. The number of hydrogen-bond donors (Lipinski definition) is 1. The molecule has 0 rings (SSSR count). The molecule has 0 heterocycles. The highest BCUT2D eigenvalue weighted by Crippen LogP contribution is 1.83. The van der Waals surface area contributed by atoms with Crippen LogP contribution in [0.1, 0.15) is 33.1 Å². The van der Waals surface area contributed by atoms with Gasteiger partial charge in [-0.1, -0.05) is 26.8 Å². The molecule has 0 aromatic rings. The summed E-state index contributed by atoms with van der Waals surface area (Å²) in [5.74, 6) is -0.341. The van der Waals surface area contributed by atoms with Gasteiger partial charge in [-0.25, -0.2) is 15.2 Å². The number of ether oxygens (including phenoxy) is 1. The molecule has 0 aromatic heterocycles. The van der Waals surface area contributed by atoms with Crippen molar-refractivity contribution < 1.29 is 9.53 Å². The van der Waals surface area contributed by atoms with E-state index in [0.29, 0.717) is 6.61 Å². The van der Waals surface area contributed by atoms with Gasteiger partial charge in [0.05, 0.1) is 12.6 Å². The maximum Gasteiger partial charge on any atom is 0.330 e. The highest BCUT2D eigenvalue weighted by molar-refractivity contribution is 5.81. The molecule has 0 spiro atoms. The van der Waals surface area contributed by atoms with E-state index in [1.165, 1.54) is 0 Å². The van der Waals surface area contributed by atoms with Crippen LogP contribution in [0.5, 0.6) is 0 Å². The van der Waals surface area contributed by atoms with Gasteiger partial charge in [-0.05, 0) is 12.8 Å². The van der Waals surface area contributed by atoms with Crippen molar-refractivity contribution in [2.75, 3.05) is 13.2 Å². The van der Waals surface area contributed by atoms with Crippen LogP contribution in [-0.4, -0.2) is 25.1 Å². The van der Waals surface area contributed by atoms with Gasteiger partial charge in [0.15, 0.2) is 0 Å². The molecular formula is C11H20N2O2. The molecule has 0 saturated heterocycles. The third-order valence-corrected chi connectivity index (χ3v) is 1.32. The van der Waals surface area contributed by atoms with Crippen LogP contribution in [-0.2, 0) is 9.53 Å². The second kappa shape index (κ2) is 15.1. The van der Waals surface area contributed by atoms with Gasteiger partial charge in [-0.3, -0.25) is 0 Å². The number of aliphatic imine (C=N–C) groups is 1. The van der Waals surface area contributed by atoms with Crippen molar-refractivity contribution >= 4 is 12.0 Å². The van der Waals surface area contributed by atoms with Crippen molar-refractivity contribution in [2.45, 2.75) is 33.1 Å². The Bertz CT molecular complexity index is 209. The monoisotopic (exact) mass is 212 g/mol. The summed E-state index contributed by atoms with van der Waals surface area (Å²) in [6.07, 6.45) is 4.24. The Morgan fingerprint density at radius 1 is 1.53 bits per heavy atom. The number of nitrogens with one attached hydrogen (secondary N) is 1. The zero-order valence-electron chi connectivity index (χ0n) is 9.58. The fourth-order valence-corrected chi connectivity index (χ4v) is 0.555. The Morgan fingerprint density at radius 3 is 2.60 bits per heavy atom. The van der Waals surface area contributed by atoms with Gasteiger partial charge in [0, 0.05) is 12.6 Å². The zero-order chi connectivity index (χ0) is 11.9. The minimum atomic E-state index is -0.341. The average Bonchev–Trinajstić information content (AvgIpc) is 2.27. The summed E-state index contributed by atoms with van der Waals surface area (Å²) < 4.78 is 4.58.